The van der Waals surface area contributed by atoms with Crippen molar-refractivity contribution >= 4 is 17.8 Å². The van der Waals surface area contributed by atoms with Crippen LogP contribution in [0.3, 0.4) is 0 Å². The molecule has 3 aliphatic rings. The van der Waals surface area contributed by atoms with Crippen LogP contribution in [-0.2, 0) is 23.9 Å². The number of esters is 1. The molecule has 2 amide bonds. The summed E-state index contributed by atoms with van der Waals surface area (Å²) in [5, 5.41) is 10.6. The van der Waals surface area contributed by atoms with E-state index in [0.717, 1.165) is 19.3 Å². The Bertz CT molecular complexity index is 1080. The standard InChI is InChI=1S/C31H42N2O6/c1-5-9-13-19-32(18-6-2)28(36)26-31-17-16-30(8-4,39-31)25(29(37)38-20-7-3)24(31)27(35)33(26)23(21-34)22-14-11-10-12-15-22/h6-7,10-12,14-15,23-26,34H,2-3,5,8-9,13,16-21H2,1,4H3/t23-,24+,25-,26?,30+,31?/m1/s1. The van der Waals surface area contributed by atoms with Gasteiger partial charge in [-0.3, -0.25) is 14.4 Å². The molecule has 4 rings (SSSR count). The minimum absolute atomic E-state index is 0.0307. The van der Waals surface area contributed by atoms with Crippen LogP contribution in [0.25, 0.3) is 0 Å². The van der Waals surface area contributed by atoms with E-state index in [0.29, 0.717) is 37.9 Å². The summed E-state index contributed by atoms with van der Waals surface area (Å²) >= 11 is 0. The van der Waals surface area contributed by atoms with Crippen molar-refractivity contribution in [2.24, 2.45) is 11.8 Å². The van der Waals surface area contributed by atoms with Crippen LogP contribution < -0.4 is 0 Å². The average molecular weight is 539 g/mol. The van der Waals surface area contributed by atoms with E-state index < -0.39 is 41.1 Å². The number of hydrogen-bond donors (Lipinski definition) is 1. The molecule has 0 aromatic heterocycles. The fraction of sp³-hybridized carbons (Fsp3) is 0.581. The van der Waals surface area contributed by atoms with Gasteiger partial charge in [-0.05, 0) is 31.2 Å². The maximum atomic E-state index is 14.5. The Hall–Kier alpha value is -2.97. The second-order valence-electron chi connectivity index (χ2n) is 10.9. The Kier molecular flexibility index (Phi) is 8.96. The third kappa shape index (κ3) is 4.82. The maximum Gasteiger partial charge on any atom is 0.313 e. The Morgan fingerprint density at radius 3 is 2.56 bits per heavy atom. The molecule has 1 spiro atoms. The third-order valence-electron chi connectivity index (χ3n) is 8.84. The second-order valence-corrected chi connectivity index (χ2v) is 10.9. The quantitative estimate of drug-likeness (QED) is 0.220. The normalized spacial score (nSPS) is 29.7. The summed E-state index contributed by atoms with van der Waals surface area (Å²) in [5.74, 6) is -2.80. The SMILES string of the molecule is C=CCOC(=O)[C@H]1[C@H]2C(=O)N([C@H](CO)c3ccccc3)C(C(=O)N(CC=C)CCCCC)C23CC[C@]1(CC)O3. The summed E-state index contributed by atoms with van der Waals surface area (Å²) in [6.07, 6.45) is 7.52. The molecule has 1 N–H and O–H groups in total. The summed E-state index contributed by atoms with van der Waals surface area (Å²) in [7, 11) is 0. The largest absolute Gasteiger partial charge is 0.461 e. The number of carbonyl (C=O) groups excluding carboxylic acids is 3. The zero-order valence-corrected chi connectivity index (χ0v) is 23.2. The fourth-order valence-electron chi connectivity index (χ4n) is 7.06. The monoisotopic (exact) mass is 538 g/mol. The molecule has 0 aliphatic carbocycles. The zero-order chi connectivity index (χ0) is 28.2. The molecule has 212 valence electrons. The number of aliphatic hydroxyl groups is 1. The number of benzene rings is 1. The van der Waals surface area contributed by atoms with Crippen LogP contribution in [0.1, 0.15) is 64.0 Å². The van der Waals surface area contributed by atoms with Gasteiger partial charge in [-0.25, -0.2) is 0 Å². The number of likely N-dealkylation sites (tertiary alicyclic amines) is 1. The first-order chi connectivity index (χ1) is 18.9. The first-order valence-electron chi connectivity index (χ1n) is 14.2. The number of aliphatic hydroxyl groups excluding tert-OH is 1. The molecule has 8 heteroatoms. The van der Waals surface area contributed by atoms with Crippen LogP contribution in [0.15, 0.2) is 55.6 Å². The van der Waals surface area contributed by atoms with E-state index in [-0.39, 0.29) is 25.0 Å². The molecule has 2 bridgehead atoms. The minimum Gasteiger partial charge on any atom is -0.461 e. The highest BCUT2D eigenvalue weighted by molar-refractivity contribution is 5.99. The molecular weight excluding hydrogens is 496 g/mol. The van der Waals surface area contributed by atoms with Gasteiger partial charge >= 0.3 is 5.97 Å². The van der Waals surface area contributed by atoms with Crippen LogP contribution in [0, 0.1) is 11.8 Å². The van der Waals surface area contributed by atoms with Crippen molar-refractivity contribution in [3.05, 3.63) is 61.2 Å². The molecular formula is C31H42N2O6. The van der Waals surface area contributed by atoms with Crippen LogP contribution >= 0.6 is 0 Å². The van der Waals surface area contributed by atoms with Crippen molar-refractivity contribution in [3.8, 4) is 0 Å². The molecule has 2 unspecified atom stereocenters. The van der Waals surface area contributed by atoms with Gasteiger partial charge in [-0.1, -0.05) is 75.8 Å². The van der Waals surface area contributed by atoms with Gasteiger partial charge in [0.25, 0.3) is 0 Å². The minimum atomic E-state index is -1.19. The Morgan fingerprint density at radius 2 is 1.95 bits per heavy atom. The number of ether oxygens (including phenoxy) is 2. The Labute approximate surface area is 231 Å². The van der Waals surface area contributed by atoms with E-state index in [9.17, 15) is 19.5 Å². The van der Waals surface area contributed by atoms with E-state index in [1.54, 1.807) is 11.0 Å². The lowest BCUT2D eigenvalue weighted by Crippen LogP contribution is -2.57. The van der Waals surface area contributed by atoms with E-state index in [4.69, 9.17) is 9.47 Å². The molecule has 39 heavy (non-hydrogen) atoms. The van der Waals surface area contributed by atoms with Crippen molar-refractivity contribution in [1.82, 2.24) is 9.80 Å². The van der Waals surface area contributed by atoms with Crippen LogP contribution in [0.4, 0.5) is 0 Å². The highest BCUT2D eigenvalue weighted by Crippen LogP contribution is 2.65. The molecule has 1 aromatic rings. The number of unbranched alkanes of at least 4 members (excludes halogenated alkanes) is 2. The number of carbonyl (C=O) groups is 3. The molecule has 0 radical (unpaired) electrons. The zero-order valence-electron chi connectivity index (χ0n) is 23.2. The maximum absolute atomic E-state index is 14.5. The number of amides is 2. The molecule has 1 aromatic carbocycles. The van der Waals surface area contributed by atoms with Crippen LogP contribution in [0.5, 0.6) is 0 Å². The summed E-state index contributed by atoms with van der Waals surface area (Å²) < 4.78 is 12.3. The third-order valence-corrected chi connectivity index (χ3v) is 8.84. The predicted octanol–water partition coefficient (Wildman–Crippen LogP) is 3.81. The van der Waals surface area contributed by atoms with Gasteiger partial charge in [0.2, 0.25) is 11.8 Å². The number of rotatable bonds is 14. The molecule has 3 heterocycles. The number of fused-ring (bicyclic) bond motifs is 1. The Balaban J connectivity index is 1.83. The van der Waals surface area contributed by atoms with E-state index in [1.165, 1.54) is 11.0 Å². The van der Waals surface area contributed by atoms with Crippen molar-refractivity contribution in [3.63, 3.8) is 0 Å². The summed E-state index contributed by atoms with van der Waals surface area (Å²) in [6, 6.07) is 7.47. The van der Waals surface area contributed by atoms with Crippen molar-refractivity contribution in [1.29, 1.82) is 0 Å². The highest BCUT2D eigenvalue weighted by atomic mass is 16.6. The smallest absolute Gasteiger partial charge is 0.313 e. The lowest BCUT2D eigenvalue weighted by molar-refractivity contribution is -0.163. The van der Waals surface area contributed by atoms with Gasteiger partial charge < -0.3 is 24.4 Å². The summed E-state index contributed by atoms with van der Waals surface area (Å²) in [4.78, 5) is 45.7. The van der Waals surface area contributed by atoms with Gasteiger partial charge in [0.15, 0.2) is 0 Å². The first kappa shape index (κ1) is 29.0. The fourth-order valence-corrected chi connectivity index (χ4v) is 7.06. The van der Waals surface area contributed by atoms with Crippen LogP contribution in [-0.4, -0.2) is 76.2 Å². The predicted molar refractivity (Wildman–Crippen MR) is 147 cm³/mol. The Morgan fingerprint density at radius 1 is 1.21 bits per heavy atom. The molecule has 3 saturated heterocycles. The van der Waals surface area contributed by atoms with Crippen molar-refractivity contribution in [2.45, 2.75) is 75.7 Å². The van der Waals surface area contributed by atoms with Crippen LogP contribution in [0.2, 0.25) is 0 Å². The molecule has 8 nitrogen and oxygen atoms in total. The average Bonchev–Trinajstić information content (AvgIpc) is 3.56. The molecule has 0 saturated carbocycles. The number of nitrogens with zero attached hydrogens (tertiary/aromatic N) is 2. The first-order valence-corrected chi connectivity index (χ1v) is 14.2. The van der Waals surface area contributed by atoms with Gasteiger partial charge in [-0.15, -0.1) is 6.58 Å². The van der Waals surface area contributed by atoms with Gasteiger partial charge in [0.1, 0.15) is 24.2 Å². The van der Waals surface area contributed by atoms with Gasteiger partial charge in [-0.2, -0.15) is 0 Å². The van der Waals surface area contributed by atoms with Crippen molar-refractivity contribution < 1.29 is 29.0 Å². The van der Waals surface area contributed by atoms with E-state index in [2.05, 4.69) is 20.1 Å². The van der Waals surface area contributed by atoms with E-state index in [1.807, 2.05) is 37.3 Å². The molecule has 6 atom stereocenters. The molecule has 3 fully saturated rings. The number of hydrogen-bond acceptors (Lipinski definition) is 6. The lowest BCUT2D eigenvalue weighted by Gasteiger charge is -2.39. The van der Waals surface area contributed by atoms with Crippen molar-refractivity contribution in [2.75, 3.05) is 26.3 Å². The second kappa shape index (κ2) is 12.0. The topological polar surface area (TPSA) is 96.4 Å². The summed E-state index contributed by atoms with van der Waals surface area (Å²) in [6.45, 7) is 12.1. The van der Waals surface area contributed by atoms with Gasteiger partial charge in [0, 0.05) is 13.1 Å². The molecule has 3 aliphatic heterocycles. The lowest BCUT2D eigenvalue weighted by atomic mass is 9.65. The summed E-state index contributed by atoms with van der Waals surface area (Å²) in [5.41, 5.74) is -1.35. The van der Waals surface area contributed by atoms with E-state index >= 15 is 0 Å². The highest BCUT2D eigenvalue weighted by Gasteiger charge is 2.79. The van der Waals surface area contributed by atoms with Gasteiger partial charge in [0.05, 0.1) is 24.2 Å².